The largest absolute Gasteiger partial charge is 0.478 e. The highest BCUT2D eigenvalue weighted by atomic mass is 16.4. The number of aliphatic carboxylic acids is 2. The molecular weight excluding hydrogens is 300 g/mol. The highest BCUT2D eigenvalue weighted by Gasteiger charge is 2.21. The Hall–Kier alpha value is -2.76. The Balaban J connectivity index is 2.03. The normalized spacial score (nSPS) is 17.9. The average molecular weight is 316 g/mol. The molecule has 0 saturated heterocycles. The number of carboxylic acids is 2. The third-order valence-electron chi connectivity index (χ3n) is 3.73. The molecule has 120 valence electrons. The summed E-state index contributed by atoms with van der Waals surface area (Å²) in [6.45, 7) is 0. The van der Waals surface area contributed by atoms with E-state index in [1.165, 1.54) is 24.3 Å². The molecule has 6 heteroatoms. The number of allylic oxidation sites excluding steroid dienone is 4. The van der Waals surface area contributed by atoms with Crippen LogP contribution in [0.4, 0.5) is 0 Å². The Labute approximate surface area is 132 Å². The van der Waals surface area contributed by atoms with Crippen LogP contribution in [-0.2, 0) is 19.2 Å². The number of rotatable bonds is 6. The smallest absolute Gasteiger partial charge is 0.335 e. The molecule has 2 rings (SSSR count). The van der Waals surface area contributed by atoms with Gasteiger partial charge in [-0.3, -0.25) is 9.59 Å². The molecule has 2 aliphatic rings. The maximum atomic E-state index is 11.4. The summed E-state index contributed by atoms with van der Waals surface area (Å²) < 4.78 is 0. The fourth-order valence-corrected chi connectivity index (χ4v) is 2.66. The molecule has 0 aromatic carbocycles. The van der Waals surface area contributed by atoms with Crippen molar-refractivity contribution in [3.05, 3.63) is 46.6 Å². The van der Waals surface area contributed by atoms with Crippen LogP contribution in [0, 0.1) is 0 Å². The molecule has 2 N–H and O–H groups in total. The van der Waals surface area contributed by atoms with E-state index >= 15 is 0 Å². The van der Waals surface area contributed by atoms with Crippen LogP contribution in [0.25, 0.3) is 0 Å². The van der Waals surface area contributed by atoms with Crippen molar-refractivity contribution in [2.24, 2.45) is 0 Å². The van der Waals surface area contributed by atoms with Crippen molar-refractivity contribution in [3.63, 3.8) is 0 Å². The first kappa shape index (κ1) is 16.6. The van der Waals surface area contributed by atoms with Crippen LogP contribution in [0.3, 0.4) is 0 Å². The van der Waals surface area contributed by atoms with E-state index in [0.717, 1.165) is 0 Å². The zero-order valence-electron chi connectivity index (χ0n) is 12.4. The number of ketones is 2. The number of hydrogen-bond donors (Lipinski definition) is 2. The molecule has 23 heavy (non-hydrogen) atoms. The van der Waals surface area contributed by atoms with Crippen molar-refractivity contribution >= 4 is 23.5 Å². The summed E-state index contributed by atoms with van der Waals surface area (Å²) in [5.74, 6) is -2.46. The monoisotopic (exact) mass is 316 g/mol. The summed E-state index contributed by atoms with van der Waals surface area (Å²) in [6.07, 6.45) is 6.74. The summed E-state index contributed by atoms with van der Waals surface area (Å²) in [5, 5.41) is 18.3. The van der Waals surface area contributed by atoms with Gasteiger partial charge < -0.3 is 10.2 Å². The second-order valence-corrected chi connectivity index (χ2v) is 5.38. The quantitative estimate of drug-likeness (QED) is 0.775. The lowest BCUT2D eigenvalue weighted by molar-refractivity contribution is -0.133. The van der Waals surface area contributed by atoms with Gasteiger partial charge in [0.2, 0.25) is 0 Å². The Kier molecular flexibility index (Phi) is 5.05. The van der Waals surface area contributed by atoms with Crippen LogP contribution in [0.1, 0.15) is 32.1 Å². The van der Waals surface area contributed by atoms with E-state index in [1.54, 1.807) is 0 Å². The Morgan fingerprint density at radius 1 is 0.826 bits per heavy atom. The van der Waals surface area contributed by atoms with Crippen LogP contribution in [0.15, 0.2) is 46.6 Å². The Morgan fingerprint density at radius 2 is 1.22 bits per heavy atom. The minimum absolute atomic E-state index is 0.0800. The third kappa shape index (κ3) is 4.12. The molecule has 0 heterocycles. The van der Waals surface area contributed by atoms with E-state index in [4.69, 9.17) is 10.2 Å². The van der Waals surface area contributed by atoms with Crippen LogP contribution < -0.4 is 0 Å². The maximum absolute atomic E-state index is 11.4. The first-order valence-corrected chi connectivity index (χ1v) is 7.23. The standard InChI is InChI=1S/C17H16O6/c18-12-4-6-14(16(20)21)10(8-12)2-1-3-11-9-13(19)5-7-15(11)17(22)23/h6-9H,1-5H2,(H,20,21)(H,22,23). The first-order valence-electron chi connectivity index (χ1n) is 7.23. The SMILES string of the molecule is O=C1C=C(CCCC2=CC(=O)CC=C2C(=O)O)C(C(=O)O)=CC1. The van der Waals surface area contributed by atoms with Gasteiger partial charge in [0.25, 0.3) is 0 Å². The van der Waals surface area contributed by atoms with Gasteiger partial charge in [-0.05, 0) is 42.6 Å². The van der Waals surface area contributed by atoms with Crippen molar-refractivity contribution in [2.45, 2.75) is 32.1 Å². The van der Waals surface area contributed by atoms with Crippen LogP contribution in [-0.4, -0.2) is 33.7 Å². The highest BCUT2D eigenvalue weighted by molar-refractivity contribution is 6.02. The van der Waals surface area contributed by atoms with Gasteiger partial charge in [0.05, 0.1) is 11.1 Å². The van der Waals surface area contributed by atoms with Crippen molar-refractivity contribution in [3.8, 4) is 0 Å². The highest BCUT2D eigenvalue weighted by Crippen LogP contribution is 2.27. The molecule has 0 spiro atoms. The summed E-state index contributed by atoms with van der Waals surface area (Å²) in [5.41, 5.74) is 1.12. The van der Waals surface area contributed by atoms with Gasteiger partial charge in [0.15, 0.2) is 11.6 Å². The summed E-state index contributed by atoms with van der Waals surface area (Å²) in [7, 11) is 0. The van der Waals surface area contributed by atoms with E-state index < -0.39 is 11.9 Å². The minimum atomic E-state index is -1.08. The molecule has 0 atom stereocenters. The number of carboxylic acid groups (broad SMARTS) is 2. The second-order valence-electron chi connectivity index (χ2n) is 5.38. The molecule has 6 nitrogen and oxygen atoms in total. The van der Waals surface area contributed by atoms with Crippen molar-refractivity contribution < 1.29 is 29.4 Å². The molecule has 0 radical (unpaired) electrons. The fourth-order valence-electron chi connectivity index (χ4n) is 2.66. The second kappa shape index (κ2) is 7.00. The van der Waals surface area contributed by atoms with Gasteiger partial charge in [-0.25, -0.2) is 9.59 Å². The zero-order valence-corrected chi connectivity index (χ0v) is 12.4. The molecule has 0 amide bonds. The molecule has 0 aromatic rings. The van der Waals surface area contributed by atoms with Crippen LogP contribution >= 0.6 is 0 Å². The van der Waals surface area contributed by atoms with Gasteiger partial charge in [-0.1, -0.05) is 12.2 Å². The molecule has 0 aliphatic heterocycles. The topological polar surface area (TPSA) is 109 Å². The summed E-state index contributed by atoms with van der Waals surface area (Å²) in [6, 6.07) is 0. The van der Waals surface area contributed by atoms with Gasteiger partial charge in [0.1, 0.15) is 0 Å². The Morgan fingerprint density at radius 3 is 1.57 bits per heavy atom. The number of carbonyl (C=O) groups is 4. The summed E-state index contributed by atoms with van der Waals surface area (Å²) >= 11 is 0. The molecule has 0 saturated carbocycles. The number of hydrogen-bond acceptors (Lipinski definition) is 4. The van der Waals surface area contributed by atoms with E-state index in [0.29, 0.717) is 30.4 Å². The lowest BCUT2D eigenvalue weighted by atomic mass is 9.89. The molecule has 0 fully saturated rings. The average Bonchev–Trinajstić information content (AvgIpc) is 2.46. The van der Waals surface area contributed by atoms with Crippen LogP contribution in [0.2, 0.25) is 0 Å². The van der Waals surface area contributed by atoms with E-state index in [1.807, 2.05) is 0 Å². The zero-order chi connectivity index (χ0) is 17.0. The Bertz CT molecular complexity index is 643. The molecule has 0 aromatic heterocycles. The lowest BCUT2D eigenvalue weighted by Gasteiger charge is -2.15. The molecule has 0 bridgehead atoms. The summed E-state index contributed by atoms with van der Waals surface area (Å²) in [4.78, 5) is 45.2. The molecule has 2 aliphatic carbocycles. The van der Waals surface area contributed by atoms with Crippen molar-refractivity contribution in [1.29, 1.82) is 0 Å². The molecular formula is C17H16O6. The van der Waals surface area contributed by atoms with Gasteiger partial charge in [0, 0.05) is 12.8 Å². The predicted octanol–water partition coefficient (Wildman–Crippen LogP) is 1.98. The van der Waals surface area contributed by atoms with Crippen molar-refractivity contribution in [1.82, 2.24) is 0 Å². The van der Waals surface area contributed by atoms with Crippen LogP contribution in [0.5, 0.6) is 0 Å². The lowest BCUT2D eigenvalue weighted by Crippen LogP contribution is -2.12. The molecule has 0 unspecified atom stereocenters. The van der Waals surface area contributed by atoms with E-state index in [-0.39, 0.29) is 35.6 Å². The third-order valence-corrected chi connectivity index (χ3v) is 3.73. The van der Waals surface area contributed by atoms with Gasteiger partial charge in [-0.2, -0.15) is 0 Å². The fraction of sp³-hybridized carbons (Fsp3) is 0.294. The maximum Gasteiger partial charge on any atom is 0.335 e. The van der Waals surface area contributed by atoms with Gasteiger partial charge in [-0.15, -0.1) is 0 Å². The van der Waals surface area contributed by atoms with Crippen molar-refractivity contribution in [2.75, 3.05) is 0 Å². The predicted molar refractivity (Wildman–Crippen MR) is 80.7 cm³/mol. The number of carbonyl (C=O) groups excluding carboxylic acids is 2. The van der Waals surface area contributed by atoms with Gasteiger partial charge >= 0.3 is 11.9 Å². The minimum Gasteiger partial charge on any atom is -0.478 e. The first-order chi connectivity index (χ1) is 10.9. The van der Waals surface area contributed by atoms with E-state index in [2.05, 4.69) is 0 Å². The van der Waals surface area contributed by atoms with E-state index in [9.17, 15) is 19.2 Å².